The van der Waals surface area contributed by atoms with Gasteiger partial charge in [0.2, 0.25) is 0 Å². The van der Waals surface area contributed by atoms with Crippen molar-refractivity contribution in [1.29, 1.82) is 0 Å². The lowest BCUT2D eigenvalue weighted by molar-refractivity contribution is -0.118. The van der Waals surface area contributed by atoms with Crippen LogP contribution < -0.4 is 15.4 Å². The van der Waals surface area contributed by atoms with E-state index in [1.54, 1.807) is 30.6 Å². The average molecular weight is 375 g/mol. The van der Waals surface area contributed by atoms with Gasteiger partial charge >= 0.3 is 0 Å². The molecule has 8 heteroatoms. The van der Waals surface area contributed by atoms with Crippen LogP contribution in [-0.4, -0.2) is 47.9 Å². The third-order valence-electron chi connectivity index (χ3n) is 4.43. The van der Waals surface area contributed by atoms with Crippen LogP contribution in [0.2, 0.25) is 0 Å². The first-order valence-corrected chi connectivity index (χ1v) is 8.21. The fourth-order valence-electron chi connectivity index (χ4n) is 3.20. The van der Waals surface area contributed by atoms with Gasteiger partial charge in [-0.1, -0.05) is 6.07 Å². The Kier molecular flexibility index (Phi) is 5.39. The summed E-state index contributed by atoms with van der Waals surface area (Å²) in [7, 11) is 0. The Morgan fingerprint density at radius 3 is 3.00 bits per heavy atom. The van der Waals surface area contributed by atoms with E-state index in [1.807, 2.05) is 17.0 Å². The van der Waals surface area contributed by atoms with E-state index in [1.165, 1.54) is 0 Å². The Balaban J connectivity index is 0.00000196. The zero-order valence-corrected chi connectivity index (χ0v) is 14.8. The number of nitrogens with zero attached hydrogens (tertiary/aromatic N) is 2. The number of benzene rings is 1. The number of hydrogen-bond donors (Lipinski definition) is 2. The van der Waals surface area contributed by atoms with E-state index in [0.29, 0.717) is 30.1 Å². The van der Waals surface area contributed by atoms with Gasteiger partial charge in [-0.25, -0.2) is 0 Å². The second-order valence-electron chi connectivity index (χ2n) is 6.05. The van der Waals surface area contributed by atoms with E-state index in [0.717, 1.165) is 12.1 Å². The maximum Gasteiger partial charge on any atom is 0.262 e. The number of pyridine rings is 1. The molecule has 2 N–H and O–H groups in total. The number of halogens is 1. The maximum absolute atomic E-state index is 13.1. The SMILES string of the molecule is Cl.O=C1COc2ccc(C(=O)N3CCNCC3c3cccnc3)cc2N1. The summed E-state index contributed by atoms with van der Waals surface area (Å²) in [5.41, 5.74) is 2.06. The highest BCUT2D eigenvalue weighted by Gasteiger charge is 2.29. The first-order chi connectivity index (χ1) is 12.2. The van der Waals surface area contributed by atoms with Crippen LogP contribution in [0.3, 0.4) is 0 Å². The minimum atomic E-state index is -0.215. The van der Waals surface area contributed by atoms with Gasteiger partial charge in [-0.3, -0.25) is 14.6 Å². The van der Waals surface area contributed by atoms with E-state index >= 15 is 0 Å². The normalized spacial score (nSPS) is 18.8. The summed E-state index contributed by atoms with van der Waals surface area (Å²) >= 11 is 0. The molecule has 2 aromatic rings. The number of piperazine rings is 1. The summed E-state index contributed by atoms with van der Waals surface area (Å²) < 4.78 is 5.35. The number of aromatic nitrogens is 1. The number of carbonyl (C=O) groups is 2. The van der Waals surface area contributed by atoms with Crippen LogP contribution in [-0.2, 0) is 4.79 Å². The average Bonchev–Trinajstić information content (AvgIpc) is 2.67. The van der Waals surface area contributed by atoms with E-state index < -0.39 is 0 Å². The number of rotatable bonds is 2. The van der Waals surface area contributed by atoms with E-state index in [-0.39, 0.29) is 36.9 Å². The minimum absolute atomic E-state index is 0. The largest absolute Gasteiger partial charge is 0.482 e. The van der Waals surface area contributed by atoms with Crippen LogP contribution in [0, 0.1) is 0 Å². The van der Waals surface area contributed by atoms with Crippen molar-refractivity contribution in [2.24, 2.45) is 0 Å². The van der Waals surface area contributed by atoms with Crippen LogP contribution in [0.5, 0.6) is 5.75 Å². The highest BCUT2D eigenvalue weighted by atomic mass is 35.5. The third-order valence-corrected chi connectivity index (χ3v) is 4.43. The fraction of sp³-hybridized carbons (Fsp3) is 0.278. The van der Waals surface area contributed by atoms with Gasteiger partial charge in [0.05, 0.1) is 11.7 Å². The van der Waals surface area contributed by atoms with E-state index in [4.69, 9.17) is 4.74 Å². The second kappa shape index (κ2) is 7.72. The van der Waals surface area contributed by atoms with Crippen molar-refractivity contribution in [2.45, 2.75) is 6.04 Å². The highest BCUT2D eigenvalue weighted by molar-refractivity contribution is 6.00. The summed E-state index contributed by atoms with van der Waals surface area (Å²) in [4.78, 5) is 30.6. The van der Waals surface area contributed by atoms with Crippen LogP contribution in [0.1, 0.15) is 22.0 Å². The van der Waals surface area contributed by atoms with Gasteiger partial charge in [-0.05, 0) is 29.8 Å². The van der Waals surface area contributed by atoms with Crippen LogP contribution >= 0.6 is 12.4 Å². The van der Waals surface area contributed by atoms with Gasteiger partial charge in [0, 0.05) is 37.6 Å². The molecule has 2 aliphatic rings. The predicted molar refractivity (Wildman–Crippen MR) is 98.7 cm³/mol. The first kappa shape index (κ1) is 18.2. The number of nitrogens with one attached hydrogen (secondary N) is 2. The predicted octanol–water partition coefficient (Wildman–Crippen LogP) is 1.62. The van der Waals surface area contributed by atoms with Gasteiger partial charge in [0.15, 0.2) is 6.61 Å². The molecule has 1 fully saturated rings. The standard InChI is InChI=1S/C18H18N4O3.ClH/c23-17-11-25-16-4-3-12(8-14(16)21-17)18(24)22-7-6-20-10-15(22)13-2-1-5-19-9-13;/h1-5,8-9,15,20H,6-7,10-11H2,(H,21,23);1H. The smallest absolute Gasteiger partial charge is 0.262 e. The summed E-state index contributed by atoms with van der Waals surface area (Å²) in [5, 5.41) is 6.07. The van der Waals surface area contributed by atoms with Gasteiger partial charge in [0.25, 0.3) is 11.8 Å². The number of carbonyl (C=O) groups excluding carboxylic acids is 2. The Labute approximate surface area is 157 Å². The third kappa shape index (κ3) is 3.49. The number of anilines is 1. The van der Waals surface area contributed by atoms with Crippen LogP contribution in [0.15, 0.2) is 42.7 Å². The van der Waals surface area contributed by atoms with E-state index in [2.05, 4.69) is 15.6 Å². The Morgan fingerprint density at radius 2 is 2.19 bits per heavy atom. The molecular weight excluding hydrogens is 356 g/mol. The lowest BCUT2D eigenvalue weighted by atomic mass is 10.0. The molecule has 0 radical (unpaired) electrons. The van der Waals surface area contributed by atoms with Crippen molar-refractivity contribution in [3.8, 4) is 5.75 Å². The summed E-state index contributed by atoms with van der Waals surface area (Å²) in [6.07, 6.45) is 3.51. The van der Waals surface area contributed by atoms with Gasteiger partial charge in [-0.2, -0.15) is 0 Å². The molecule has 136 valence electrons. The Morgan fingerprint density at radius 1 is 1.31 bits per heavy atom. The maximum atomic E-state index is 13.1. The molecule has 1 atom stereocenters. The molecule has 26 heavy (non-hydrogen) atoms. The first-order valence-electron chi connectivity index (χ1n) is 8.21. The number of ether oxygens (including phenoxy) is 1. The van der Waals surface area contributed by atoms with Crippen molar-refractivity contribution in [3.63, 3.8) is 0 Å². The van der Waals surface area contributed by atoms with Crippen molar-refractivity contribution in [2.75, 3.05) is 31.6 Å². The molecule has 1 aromatic carbocycles. The van der Waals surface area contributed by atoms with Crippen molar-refractivity contribution < 1.29 is 14.3 Å². The minimum Gasteiger partial charge on any atom is -0.482 e. The second-order valence-corrected chi connectivity index (χ2v) is 6.05. The van der Waals surface area contributed by atoms with Crippen molar-refractivity contribution in [1.82, 2.24) is 15.2 Å². The van der Waals surface area contributed by atoms with Gasteiger partial charge in [-0.15, -0.1) is 12.4 Å². The molecule has 2 amide bonds. The molecule has 2 aliphatic heterocycles. The molecule has 7 nitrogen and oxygen atoms in total. The molecule has 0 spiro atoms. The topological polar surface area (TPSA) is 83.6 Å². The van der Waals surface area contributed by atoms with Crippen LogP contribution in [0.4, 0.5) is 5.69 Å². The van der Waals surface area contributed by atoms with Gasteiger partial charge in [0.1, 0.15) is 5.75 Å². The summed E-state index contributed by atoms with van der Waals surface area (Å²) in [5.74, 6) is 0.297. The van der Waals surface area contributed by atoms with Crippen molar-refractivity contribution >= 4 is 29.9 Å². The molecular formula is C18H19ClN4O3. The fourth-order valence-corrected chi connectivity index (χ4v) is 3.20. The highest BCUT2D eigenvalue weighted by Crippen LogP contribution is 2.30. The Hall–Kier alpha value is -2.64. The summed E-state index contributed by atoms with van der Waals surface area (Å²) in [6, 6.07) is 8.92. The van der Waals surface area contributed by atoms with E-state index in [9.17, 15) is 9.59 Å². The van der Waals surface area contributed by atoms with Crippen LogP contribution in [0.25, 0.3) is 0 Å². The molecule has 3 heterocycles. The zero-order chi connectivity index (χ0) is 17.2. The molecule has 0 saturated carbocycles. The molecule has 0 bridgehead atoms. The lowest BCUT2D eigenvalue weighted by Crippen LogP contribution is -2.48. The molecule has 1 aromatic heterocycles. The monoisotopic (exact) mass is 374 g/mol. The zero-order valence-electron chi connectivity index (χ0n) is 14.0. The molecule has 4 rings (SSSR count). The summed E-state index contributed by atoms with van der Waals surface area (Å²) in [6.45, 7) is 2.04. The number of hydrogen-bond acceptors (Lipinski definition) is 5. The quantitative estimate of drug-likeness (QED) is 0.834. The lowest BCUT2D eigenvalue weighted by Gasteiger charge is -2.36. The molecule has 1 saturated heterocycles. The van der Waals surface area contributed by atoms with Crippen molar-refractivity contribution in [3.05, 3.63) is 53.9 Å². The number of fused-ring (bicyclic) bond motifs is 1. The Bertz CT molecular complexity index is 815. The molecule has 1 unspecified atom stereocenters. The number of amides is 2. The van der Waals surface area contributed by atoms with Gasteiger partial charge < -0.3 is 20.3 Å². The molecule has 0 aliphatic carbocycles.